The van der Waals surface area contributed by atoms with Gasteiger partial charge in [0.1, 0.15) is 0 Å². The molecule has 0 spiro atoms. The first-order valence-corrected chi connectivity index (χ1v) is 6.27. The lowest BCUT2D eigenvalue weighted by atomic mass is 9.96. The lowest BCUT2D eigenvalue weighted by Gasteiger charge is -2.25. The summed E-state index contributed by atoms with van der Waals surface area (Å²) in [4.78, 5) is 14.1. The molecular formula is C12H24N2O2. The van der Waals surface area contributed by atoms with Crippen LogP contribution < -0.4 is 5.32 Å². The fraction of sp³-hybridized carbons (Fsp3) is 0.917. The molecule has 4 heteroatoms. The average Bonchev–Trinajstić information content (AvgIpc) is 2.70. The van der Waals surface area contributed by atoms with Crippen LogP contribution in [0.2, 0.25) is 0 Å². The number of nitrogens with zero attached hydrogens (tertiary/aromatic N) is 1. The van der Waals surface area contributed by atoms with Crippen molar-refractivity contribution < 1.29 is 9.53 Å². The fourth-order valence-corrected chi connectivity index (χ4v) is 2.12. The van der Waals surface area contributed by atoms with Gasteiger partial charge in [0.15, 0.2) is 0 Å². The van der Waals surface area contributed by atoms with Crippen molar-refractivity contribution in [1.29, 1.82) is 0 Å². The molecule has 0 saturated carbocycles. The number of hydrogen-bond donors (Lipinski definition) is 1. The molecule has 0 aromatic carbocycles. The highest BCUT2D eigenvalue weighted by atomic mass is 16.5. The number of hydrogen-bond acceptors (Lipinski definition) is 3. The first kappa shape index (κ1) is 13.5. The van der Waals surface area contributed by atoms with E-state index in [9.17, 15) is 4.79 Å². The quantitative estimate of drug-likeness (QED) is 0.681. The van der Waals surface area contributed by atoms with E-state index >= 15 is 0 Å². The van der Waals surface area contributed by atoms with E-state index in [-0.39, 0.29) is 11.8 Å². The van der Waals surface area contributed by atoms with Crippen molar-refractivity contribution in [3.8, 4) is 0 Å². The molecule has 0 aromatic rings. The van der Waals surface area contributed by atoms with Gasteiger partial charge in [-0.25, -0.2) is 0 Å². The highest BCUT2D eigenvalue weighted by Crippen LogP contribution is 2.18. The zero-order valence-electron chi connectivity index (χ0n) is 10.7. The van der Waals surface area contributed by atoms with E-state index in [2.05, 4.69) is 12.2 Å². The smallest absolute Gasteiger partial charge is 0.227 e. The van der Waals surface area contributed by atoms with Crippen LogP contribution in [0.1, 0.15) is 20.8 Å². The Morgan fingerprint density at radius 1 is 1.44 bits per heavy atom. The van der Waals surface area contributed by atoms with E-state index in [4.69, 9.17) is 4.74 Å². The molecule has 1 fully saturated rings. The minimum atomic E-state index is 0.154. The standard InChI is InChI=1S/C12H24N2O2/c1-4-14(6-7-16-5-2)12(15)11-9-13-8-10(11)3/h10-11,13H,4-9H2,1-3H3/t10-,11-/m1/s1. The van der Waals surface area contributed by atoms with Crippen molar-refractivity contribution >= 4 is 5.91 Å². The van der Waals surface area contributed by atoms with Gasteiger partial charge >= 0.3 is 0 Å². The third-order valence-electron chi connectivity index (χ3n) is 3.24. The van der Waals surface area contributed by atoms with Gasteiger partial charge in [-0.1, -0.05) is 6.92 Å². The average molecular weight is 228 g/mol. The molecule has 16 heavy (non-hydrogen) atoms. The molecule has 0 bridgehead atoms. The Labute approximate surface area is 98.3 Å². The van der Waals surface area contributed by atoms with Crippen molar-refractivity contribution in [3.05, 3.63) is 0 Å². The van der Waals surface area contributed by atoms with Crippen LogP contribution in [0.25, 0.3) is 0 Å². The van der Waals surface area contributed by atoms with E-state index in [0.29, 0.717) is 25.7 Å². The summed E-state index contributed by atoms with van der Waals surface area (Å²) in [6.07, 6.45) is 0. The Morgan fingerprint density at radius 3 is 2.69 bits per heavy atom. The van der Waals surface area contributed by atoms with E-state index in [1.165, 1.54) is 0 Å². The molecule has 0 aromatic heterocycles. The lowest BCUT2D eigenvalue weighted by molar-refractivity contribution is -0.136. The van der Waals surface area contributed by atoms with Crippen molar-refractivity contribution in [1.82, 2.24) is 10.2 Å². The monoisotopic (exact) mass is 228 g/mol. The molecule has 1 heterocycles. The Morgan fingerprint density at radius 2 is 2.19 bits per heavy atom. The van der Waals surface area contributed by atoms with E-state index in [1.807, 2.05) is 18.7 Å². The van der Waals surface area contributed by atoms with E-state index < -0.39 is 0 Å². The number of likely N-dealkylation sites (N-methyl/N-ethyl adjacent to an activating group) is 1. The van der Waals surface area contributed by atoms with Crippen LogP contribution in [0.4, 0.5) is 0 Å². The van der Waals surface area contributed by atoms with Crippen LogP contribution in [0.5, 0.6) is 0 Å². The Kier molecular flexibility index (Phi) is 5.77. The number of ether oxygens (including phenoxy) is 1. The molecule has 94 valence electrons. The minimum Gasteiger partial charge on any atom is -0.380 e. The van der Waals surface area contributed by atoms with Gasteiger partial charge < -0.3 is 15.0 Å². The number of amides is 1. The Hall–Kier alpha value is -0.610. The zero-order chi connectivity index (χ0) is 12.0. The number of nitrogens with one attached hydrogen (secondary N) is 1. The largest absolute Gasteiger partial charge is 0.380 e. The molecule has 1 N–H and O–H groups in total. The Balaban J connectivity index is 2.42. The first-order chi connectivity index (χ1) is 7.70. The molecule has 1 aliphatic heterocycles. The van der Waals surface area contributed by atoms with Gasteiger partial charge in [-0.2, -0.15) is 0 Å². The number of carbonyl (C=O) groups is 1. The third kappa shape index (κ3) is 3.46. The highest BCUT2D eigenvalue weighted by molar-refractivity contribution is 5.79. The van der Waals surface area contributed by atoms with E-state index in [0.717, 1.165) is 19.6 Å². The molecule has 1 rings (SSSR count). The van der Waals surface area contributed by atoms with Crippen LogP contribution >= 0.6 is 0 Å². The molecule has 0 aliphatic carbocycles. The molecule has 0 unspecified atom stereocenters. The van der Waals surface area contributed by atoms with Crippen LogP contribution in [0.15, 0.2) is 0 Å². The summed E-state index contributed by atoms with van der Waals surface area (Å²) >= 11 is 0. The summed E-state index contributed by atoms with van der Waals surface area (Å²) in [6, 6.07) is 0. The van der Waals surface area contributed by atoms with Gasteiger partial charge in [0.25, 0.3) is 0 Å². The second-order valence-corrected chi connectivity index (χ2v) is 4.36. The lowest BCUT2D eigenvalue weighted by Crippen LogP contribution is -2.40. The van der Waals surface area contributed by atoms with Crippen LogP contribution in [0.3, 0.4) is 0 Å². The van der Waals surface area contributed by atoms with Crippen LogP contribution in [-0.4, -0.2) is 50.2 Å². The van der Waals surface area contributed by atoms with Gasteiger partial charge in [-0.05, 0) is 26.3 Å². The maximum Gasteiger partial charge on any atom is 0.227 e. The van der Waals surface area contributed by atoms with Gasteiger partial charge in [-0.15, -0.1) is 0 Å². The SMILES string of the molecule is CCOCCN(CC)C(=O)[C@@H]1CNC[C@H]1C. The molecular weight excluding hydrogens is 204 g/mol. The summed E-state index contributed by atoms with van der Waals surface area (Å²) < 4.78 is 5.30. The highest BCUT2D eigenvalue weighted by Gasteiger charge is 2.31. The van der Waals surface area contributed by atoms with Gasteiger partial charge in [0.2, 0.25) is 5.91 Å². The van der Waals surface area contributed by atoms with Gasteiger partial charge in [0.05, 0.1) is 12.5 Å². The van der Waals surface area contributed by atoms with Gasteiger partial charge in [-0.3, -0.25) is 4.79 Å². The number of rotatable bonds is 6. The maximum absolute atomic E-state index is 12.2. The first-order valence-electron chi connectivity index (χ1n) is 6.27. The summed E-state index contributed by atoms with van der Waals surface area (Å²) in [6.45, 7) is 10.8. The number of carbonyl (C=O) groups excluding carboxylic acids is 1. The van der Waals surface area contributed by atoms with Crippen LogP contribution in [-0.2, 0) is 9.53 Å². The predicted molar refractivity (Wildman–Crippen MR) is 64.3 cm³/mol. The summed E-state index contributed by atoms with van der Waals surface area (Å²) in [5.41, 5.74) is 0. The normalized spacial score (nSPS) is 24.7. The van der Waals surface area contributed by atoms with Crippen molar-refractivity contribution in [2.75, 3.05) is 39.4 Å². The van der Waals surface area contributed by atoms with Crippen molar-refractivity contribution in [2.24, 2.45) is 11.8 Å². The molecule has 1 saturated heterocycles. The maximum atomic E-state index is 12.2. The fourth-order valence-electron chi connectivity index (χ4n) is 2.12. The van der Waals surface area contributed by atoms with Crippen molar-refractivity contribution in [2.45, 2.75) is 20.8 Å². The van der Waals surface area contributed by atoms with Gasteiger partial charge in [0, 0.05) is 26.2 Å². The molecule has 4 nitrogen and oxygen atoms in total. The summed E-state index contributed by atoms with van der Waals surface area (Å²) in [5.74, 6) is 0.884. The molecule has 0 radical (unpaired) electrons. The predicted octanol–water partition coefficient (Wildman–Crippen LogP) is 0.727. The van der Waals surface area contributed by atoms with E-state index in [1.54, 1.807) is 0 Å². The minimum absolute atomic E-state index is 0.154. The summed E-state index contributed by atoms with van der Waals surface area (Å²) in [5, 5.41) is 3.27. The second kappa shape index (κ2) is 6.86. The topological polar surface area (TPSA) is 41.6 Å². The molecule has 2 atom stereocenters. The summed E-state index contributed by atoms with van der Waals surface area (Å²) in [7, 11) is 0. The molecule has 1 amide bonds. The zero-order valence-corrected chi connectivity index (χ0v) is 10.7. The van der Waals surface area contributed by atoms with Crippen LogP contribution in [0, 0.1) is 11.8 Å². The molecule has 1 aliphatic rings. The third-order valence-corrected chi connectivity index (χ3v) is 3.24. The second-order valence-electron chi connectivity index (χ2n) is 4.36. The Bertz CT molecular complexity index is 221. The van der Waals surface area contributed by atoms with Crippen molar-refractivity contribution in [3.63, 3.8) is 0 Å².